The first kappa shape index (κ1) is 7.14. The monoisotopic (exact) mass is 167 g/mol. The molecule has 0 bridgehead atoms. The van der Waals surface area contributed by atoms with Crippen LogP contribution < -0.4 is 5.32 Å². The zero-order valence-electron chi connectivity index (χ0n) is 6.18. The van der Waals surface area contributed by atoms with E-state index in [1.807, 2.05) is 18.2 Å². The van der Waals surface area contributed by atoms with Gasteiger partial charge < -0.3 is 5.32 Å². The van der Waals surface area contributed by atoms with Crippen molar-refractivity contribution in [3.8, 4) is 0 Å². The van der Waals surface area contributed by atoms with Gasteiger partial charge in [-0.3, -0.25) is 0 Å². The molecule has 1 heterocycles. The minimum absolute atomic E-state index is 0.689. The van der Waals surface area contributed by atoms with E-state index < -0.39 is 0 Å². The van der Waals surface area contributed by atoms with Crippen LogP contribution in [0.1, 0.15) is 11.5 Å². The lowest BCUT2D eigenvalue weighted by Crippen LogP contribution is -2.39. The highest BCUT2D eigenvalue weighted by Crippen LogP contribution is 2.22. The summed E-state index contributed by atoms with van der Waals surface area (Å²) >= 11 is 5.85. The zero-order chi connectivity index (χ0) is 7.68. The highest BCUT2D eigenvalue weighted by Gasteiger charge is 2.18. The van der Waals surface area contributed by atoms with Crippen LogP contribution >= 0.6 is 11.6 Å². The molecular formula is C9H10ClN. The fraction of sp³-hybridized carbons (Fsp3) is 0.333. The molecule has 0 radical (unpaired) electrons. The van der Waals surface area contributed by atoms with Gasteiger partial charge in [-0.1, -0.05) is 23.7 Å². The van der Waals surface area contributed by atoms with E-state index in [4.69, 9.17) is 11.6 Å². The third-order valence-electron chi connectivity index (χ3n) is 2.10. The van der Waals surface area contributed by atoms with Crippen molar-refractivity contribution in [2.45, 2.75) is 5.92 Å². The van der Waals surface area contributed by atoms with Crippen molar-refractivity contribution < 1.29 is 0 Å². The number of rotatable bonds is 1. The Bertz CT molecular complexity index is 255. The summed E-state index contributed by atoms with van der Waals surface area (Å²) in [5.74, 6) is 0.689. The summed E-state index contributed by atoms with van der Waals surface area (Å²) in [4.78, 5) is 0. The minimum Gasteiger partial charge on any atom is -0.315 e. The molecule has 0 atom stereocenters. The fourth-order valence-electron chi connectivity index (χ4n) is 1.28. The van der Waals surface area contributed by atoms with Gasteiger partial charge in [-0.2, -0.15) is 0 Å². The predicted molar refractivity (Wildman–Crippen MR) is 47.1 cm³/mol. The largest absolute Gasteiger partial charge is 0.315 e. The second-order valence-electron chi connectivity index (χ2n) is 2.91. The van der Waals surface area contributed by atoms with E-state index in [0.29, 0.717) is 5.92 Å². The molecule has 2 heteroatoms. The van der Waals surface area contributed by atoms with Crippen molar-refractivity contribution in [3.05, 3.63) is 34.9 Å². The van der Waals surface area contributed by atoms with Crippen LogP contribution in [0.2, 0.25) is 5.02 Å². The Morgan fingerprint density at radius 1 is 1.36 bits per heavy atom. The van der Waals surface area contributed by atoms with E-state index in [0.717, 1.165) is 18.1 Å². The Morgan fingerprint density at radius 3 is 2.73 bits per heavy atom. The Hall–Kier alpha value is -0.530. The summed E-state index contributed by atoms with van der Waals surface area (Å²) in [6.45, 7) is 2.20. The Kier molecular flexibility index (Phi) is 1.84. The van der Waals surface area contributed by atoms with E-state index in [9.17, 15) is 0 Å². The summed E-state index contributed by atoms with van der Waals surface area (Å²) < 4.78 is 0. The van der Waals surface area contributed by atoms with Crippen molar-refractivity contribution in [2.75, 3.05) is 13.1 Å². The SMILES string of the molecule is Clc1cccc(C2CNC2)c1. The first-order valence-electron chi connectivity index (χ1n) is 3.82. The predicted octanol–water partition coefficient (Wildman–Crippen LogP) is 2.03. The van der Waals surface area contributed by atoms with Crippen LogP contribution in [0.3, 0.4) is 0 Å². The molecule has 0 spiro atoms. The smallest absolute Gasteiger partial charge is 0.0408 e. The summed E-state index contributed by atoms with van der Waals surface area (Å²) in [7, 11) is 0. The molecule has 1 N–H and O–H groups in total. The Balaban J connectivity index is 2.23. The molecule has 11 heavy (non-hydrogen) atoms. The molecule has 1 saturated heterocycles. The quantitative estimate of drug-likeness (QED) is 0.675. The molecular weight excluding hydrogens is 158 g/mol. The summed E-state index contributed by atoms with van der Waals surface area (Å²) in [5.41, 5.74) is 1.36. The number of benzene rings is 1. The summed E-state index contributed by atoms with van der Waals surface area (Å²) in [5, 5.41) is 4.08. The maximum atomic E-state index is 5.85. The van der Waals surface area contributed by atoms with Crippen LogP contribution in [0.5, 0.6) is 0 Å². The maximum Gasteiger partial charge on any atom is 0.0408 e. The van der Waals surface area contributed by atoms with Crippen LogP contribution in [-0.2, 0) is 0 Å². The molecule has 0 aliphatic carbocycles. The number of nitrogens with one attached hydrogen (secondary N) is 1. The summed E-state index contributed by atoms with van der Waals surface area (Å²) in [6, 6.07) is 8.11. The first-order chi connectivity index (χ1) is 5.36. The van der Waals surface area contributed by atoms with E-state index >= 15 is 0 Å². The van der Waals surface area contributed by atoms with E-state index in [1.54, 1.807) is 0 Å². The van der Waals surface area contributed by atoms with Crippen molar-refractivity contribution in [1.82, 2.24) is 5.32 Å². The van der Waals surface area contributed by atoms with Gasteiger partial charge in [0.1, 0.15) is 0 Å². The molecule has 2 rings (SSSR count). The molecule has 0 aromatic heterocycles. The van der Waals surface area contributed by atoms with Gasteiger partial charge in [0, 0.05) is 24.0 Å². The number of hydrogen-bond donors (Lipinski definition) is 1. The van der Waals surface area contributed by atoms with Gasteiger partial charge in [0.05, 0.1) is 0 Å². The first-order valence-corrected chi connectivity index (χ1v) is 4.20. The van der Waals surface area contributed by atoms with E-state index in [1.165, 1.54) is 5.56 Å². The standard InChI is InChI=1S/C9H10ClN/c10-9-3-1-2-7(4-9)8-5-11-6-8/h1-4,8,11H,5-6H2. The van der Waals surface area contributed by atoms with Crippen molar-refractivity contribution in [3.63, 3.8) is 0 Å². The molecule has 0 unspecified atom stereocenters. The molecule has 0 saturated carbocycles. The second kappa shape index (κ2) is 2.84. The highest BCUT2D eigenvalue weighted by atomic mass is 35.5. The Morgan fingerprint density at radius 2 is 2.18 bits per heavy atom. The second-order valence-corrected chi connectivity index (χ2v) is 3.35. The minimum atomic E-state index is 0.689. The van der Waals surface area contributed by atoms with Crippen LogP contribution in [0.15, 0.2) is 24.3 Å². The van der Waals surface area contributed by atoms with Crippen LogP contribution in [0.4, 0.5) is 0 Å². The van der Waals surface area contributed by atoms with Gasteiger partial charge in [0.15, 0.2) is 0 Å². The van der Waals surface area contributed by atoms with Gasteiger partial charge in [0.2, 0.25) is 0 Å². The van der Waals surface area contributed by atoms with E-state index in [-0.39, 0.29) is 0 Å². The normalized spacial score (nSPS) is 17.9. The lowest BCUT2D eigenvalue weighted by molar-refractivity contribution is 0.448. The fourth-order valence-corrected chi connectivity index (χ4v) is 1.48. The molecule has 0 amide bonds. The zero-order valence-corrected chi connectivity index (χ0v) is 6.93. The molecule has 1 nitrogen and oxygen atoms in total. The van der Waals surface area contributed by atoms with Gasteiger partial charge in [-0.25, -0.2) is 0 Å². The molecule has 1 aliphatic rings. The molecule has 1 aromatic carbocycles. The average Bonchev–Trinajstić information content (AvgIpc) is 1.83. The maximum absolute atomic E-state index is 5.85. The van der Waals surface area contributed by atoms with Crippen molar-refractivity contribution in [2.24, 2.45) is 0 Å². The molecule has 1 fully saturated rings. The number of halogens is 1. The van der Waals surface area contributed by atoms with E-state index in [2.05, 4.69) is 11.4 Å². The lowest BCUT2D eigenvalue weighted by Gasteiger charge is -2.27. The van der Waals surface area contributed by atoms with Gasteiger partial charge in [-0.15, -0.1) is 0 Å². The van der Waals surface area contributed by atoms with Crippen molar-refractivity contribution in [1.29, 1.82) is 0 Å². The average molecular weight is 168 g/mol. The molecule has 58 valence electrons. The van der Waals surface area contributed by atoms with Gasteiger partial charge >= 0.3 is 0 Å². The highest BCUT2D eigenvalue weighted by molar-refractivity contribution is 6.30. The lowest BCUT2D eigenvalue weighted by atomic mass is 9.94. The third-order valence-corrected chi connectivity index (χ3v) is 2.34. The number of hydrogen-bond acceptors (Lipinski definition) is 1. The van der Waals surface area contributed by atoms with Gasteiger partial charge in [-0.05, 0) is 17.7 Å². The van der Waals surface area contributed by atoms with Crippen LogP contribution in [0, 0.1) is 0 Å². The topological polar surface area (TPSA) is 12.0 Å². The molecule has 1 aliphatic heterocycles. The van der Waals surface area contributed by atoms with Crippen LogP contribution in [0.25, 0.3) is 0 Å². The third kappa shape index (κ3) is 1.39. The summed E-state index contributed by atoms with van der Waals surface area (Å²) in [6.07, 6.45) is 0. The van der Waals surface area contributed by atoms with Gasteiger partial charge in [0.25, 0.3) is 0 Å². The van der Waals surface area contributed by atoms with Crippen LogP contribution in [-0.4, -0.2) is 13.1 Å². The molecule has 1 aromatic rings. The Labute approximate surface area is 71.4 Å². The van der Waals surface area contributed by atoms with Crippen molar-refractivity contribution >= 4 is 11.6 Å².